The summed E-state index contributed by atoms with van der Waals surface area (Å²) in [6, 6.07) is 11.1. The highest BCUT2D eigenvalue weighted by atomic mass is 16.5. The first-order valence-corrected chi connectivity index (χ1v) is 6.09. The van der Waals surface area contributed by atoms with E-state index in [0.717, 1.165) is 6.54 Å². The minimum absolute atomic E-state index is 0.267. The highest BCUT2D eigenvalue weighted by Gasteiger charge is 2.10. The highest BCUT2D eigenvalue weighted by Crippen LogP contribution is 2.17. The highest BCUT2D eigenvalue weighted by molar-refractivity contribution is 5.18. The molecule has 0 aliphatic heterocycles. The molecular weight excluding hydrogens is 198 g/mol. The number of hydrogen-bond donors (Lipinski definition) is 1. The summed E-state index contributed by atoms with van der Waals surface area (Å²) >= 11 is 0. The zero-order chi connectivity index (χ0) is 11.8. The molecule has 0 saturated carbocycles. The van der Waals surface area contributed by atoms with Crippen molar-refractivity contribution in [2.75, 3.05) is 13.7 Å². The number of nitrogens with one attached hydrogen (secondary N) is 1. The Labute approximate surface area is 99.0 Å². The van der Waals surface area contributed by atoms with Gasteiger partial charge in [0, 0.05) is 19.7 Å². The Balaban J connectivity index is 2.54. The minimum atomic E-state index is 0.267. The fraction of sp³-hybridized carbons (Fsp3) is 0.571. The minimum Gasteiger partial charge on any atom is -0.380 e. The van der Waals surface area contributed by atoms with Crippen molar-refractivity contribution in [2.45, 2.75) is 38.8 Å². The first-order chi connectivity index (χ1) is 7.77. The SMILES string of the molecule is CCCC(NCC(C)OC)c1ccccc1. The van der Waals surface area contributed by atoms with Crippen LogP contribution in [0.25, 0.3) is 0 Å². The van der Waals surface area contributed by atoms with Crippen LogP contribution >= 0.6 is 0 Å². The van der Waals surface area contributed by atoms with E-state index in [0.29, 0.717) is 6.04 Å². The van der Waals surface area contributed by atoms with Crippen LogP contribution in [-0.4, -0.2) is 19.8 Å². The van der Waals surface area contributed by atoms with E-state index in [9.17, 15) is 0 Å². The molecule has 1 N–H and O–H groups in total. The van der Waals surface area contributed by atoms with Crippen molar-refractivity contribution >= 4 is 0 Å². The van der Waals surface area contributed by atoms with Crippen LogP contribution in [0.2, 0.25) is 0 Å². The molecule has 0 aromatic heterocycles. The Morgan fingerprint density at radius 3 is 2.50 bits per heavy atom. The lowest BCUT2D eigenvalue weighted by atomic mass is 10.0. The average Bonchev–Trinajstić information content (AvgIpc) is 2.35. The van der Waals surface area contributed by atoms with Crippen molar-refractivity contribution in [2.24, 2.45) is 0 Å². The second-order valence-electron chi connectivity index (χ2n) is 4.21. The molecule has 2 heteroatoms. The molecule has 1 rings (SSSR count). The van der Waals surface area contributed by atoms with Gasteiger partial charge < -0.3 is 10.1 Å². The van der Waals surface area contributed by atoms with Crippen LogP contribution < -0.4 is 5.32 Å². The summed E-state index contributed by atoms with van der Waals surface area (Å²) in [4.78, 5) is 0. The van der Waals surface area contributed by atoms with Crippen molar-refractivity contribution in [3.63, 3.8) is 0 Å². The largest absolute Gasteiger partial charge is 0.380 e. The Morgan fingerprint density at radius 2 is 1.94 bits per heavy atom. The number of rotatable bonds is 7. The molecule has 0 aliphatic rings. The van der Waals surface area contributed by atoms with E-state index in [1.165, 1.54) is 18.4 Å². The molecule has 0 aliphatic carbocycles. The fourth-order valence-corrected chi connectivity index (χ4v) is 1.75. The molecule has 2 nitrogen and oxygen atoms in total. The summed E-state index contributed by atoms with van der Waals surface area (Å²) in [5.41, 5.74) is 1.37. The van der Waals surface area contributed by atoms with Crippen LogP contribution in [0.3, 0.4) is 0 Å². The van der Waals surface area contributed by atoms with Crippen molar-refractivity contribution < 1.29 is 4.74 Å². The molecule has 0 heterocycles. The van der Waals surface area contributed by atoms with Gasteiger partial charge in [-0.3, -0.25) is 0 Å². The van der Waals surface area contributed by atoms with Crippen LogP contribution in [0.4, 0.5) is 0 Å². The van der Waals surface area contributed by atoms with Crippen molar-refractivity contribution in [1.82, 2.24) is 5.32 Å². The summed E-state index contributed by atoms with van der Waals surface area (Å²) in [6.07, 6.45) is 2.62. The molecule has 2 atom stereocenters. The normalized spacial score (nSPS) is 14.7. The first kappa shape index (κ1) is 13.2. The lowest BCUT2D eigenvalue weighted by Crippen LogP contribution is -2.29. The molecule has 0 amide bonds. The summed E-state index contributed by atoms with van der Waals surface area (Å²) in [6.45, 7) is 5.20. The smallest absolute Gasteiger partial charge is 0.0667 e. The molecule has 0 bridgehead atoms. The third kappa shape index (κ3) is 4.33. The van der Waals surface area contributed by atoms with E-state index < -0.39 is 0 Å². The van der Waals surface area contributed by atoms with Gasteiger partial charge in [-0.25, -0.2) is 0 Å². The molecule has 1 aromatic rings. The van der Waals surface area contributed by atoms with Gasteiger partial charge in [0.1, 0.15) is 0 Å². The summed E-state index contributed by atoms with van der Waals surface area (Å²) in [5, 5.41) is 3.56. The van der Waals surface area contributed by atoms with Gasteiger partial charge >= 0.3 is 0 Å². The first-order valence-electron chi connectivity index (χ1n) is 6.09. The molecule has 1 aromatic carbocycles. The maximum Gasteiger partial charge on any atom is 0.0667 e. The lowest BCUT2D eigenvalue weighted by Gasteiger charge is -2.20. The van der Waals surface area contributed by atoms with Gasteiger partial charge in [-0.2, -0.15) is 0 Å². The quantitative estimate of drug-likeness (QED) is 0.763. The van der Waals surface area contributed by atoms with E-state index in [1.54, 1.807) is 7.11 Å². The Hall–Kier alpha value is -0.860. The fourth-order valence-electron chi connectivity index (χ4n) is 1.75. The van der Waals surface area contributed by atoms with Crippen LogP contribution in [0.15, 0.2) is 30.3 Å². The van der Waals surface area contributed by atoms with Gasteiger partial charge in [-0.15, -0.1) is 0 Å². The number of hydrogen-bond acceptors (Lipinski definition) is 2. The molecule has 90 valence electrons. The predicted molar refractivity (Wildman–Crippen MR) is 68.6 cm³/mol. The lowest BCUT2D eigenvalue weighted by molar-refractivity contribution is 0.114. The summed E-state index contributed by atoms with van der Waals surface area (Å²) < 4.78 is 5.25. The van der Waals surface area contributed by atoms with Crippen molar-refractivity contribution in [3.8, 4) is 0 Å². The van der Waals surface area contributed by atoms with E-state index in [4.69, 9.17) is 4.74 Å². The molecule has 16 heavy (non-hydrogen) atoms. The summed E-state index contributed by atoms with van der Waals surface area (Å²) in [7, 11) is 1.75. The molecule has 2 unspecified atom stereocenters. The van der Waals surface area contributed by atoms with Gasteiger partial charge in [-0.05, 0) is 18.9 Å². The van der Waals surface area contributed by atoms with Gasteiger partial charge in [0.2, 0.25) is 0 Å². The topological polar surface area (TPSA) is 21.3 Å². The maximum atomic E-state index is 5.25. The van der Waals surface area contributed by atoms with Gasteiger partial charge in [0.05, 0.1) is 6.10 Å². The van der Waals surface area contributed by atoms with Gasteiger partial charge in [0.15, 0.2) is 0 Å². The van der Waals surface area contributed by atoms with E-state index >= 15 is 0 Å². The van der Waals surface area contributed by atoms with Crippen LogP contribution in [0.1, 0.15) is 38.3 Å². The van der Waals surface area contributed by atoms with Gasteiger partial charge in [-0.1, -0.05) is 43.7 Å². The number of methoxy groups -OCH3 is 1. The zero-order valence-corrected chi connectivity index (χ0v) is 10.6. The Bertz CT molecular complexity index is 273. The van der Waals surface area contributed by atoms with Crippen LogP contribution in [0, 0.1) is 0 Å². The summed E-state index contributed by atoms with van der Waals surface area (Å²) in [5.74, 6) is 0. The monoisotopic (exact) mass is 221 g/mol. The van der Waals surface area contributed by atoms with E-state index in [2.05, 4.69) is 49.5 Å². The van der Waals surface area contributed by atoms with Gasteiger partial charge in [0.25, 0.3) is 0 Å². The third-order valence-electron chi connectivity index (χ3n) is 2.83. The number of benzene rings is 1. The number of ether oxygens (including phenoxy) is 1. The molecule has 0 saturated heterocycles. The Morgan fingerprint density at radius 1 is 1.25 bits per heavy atom. The second kappa shape index (κ2) is 7.42. The standard InChI is InChI=1S/C14H23NO/c1-4-8-14(15-11-12(2)16-3)13-9-6-5-7-10-13/h5-7,9-10,12,14-15H,4,8,11H2,1-3H3. The zero-order valence-electron chi connectivity index (χ0n) is 10.6. The van der Waals surface area contributed by atoms with Crippen LogP contribution in [0.5, 0.6) is 0 Å². The van der Waals surface area contributed by atoms with Crippen molar-refractivity contribution in [3.05, 3.63) is 35.9 Å². The van der Waals surface area contributed by atoms with E-state index in [-0.39, 0.29) is 6.10 Å². The van der Waals surface area contributed by atoms with Crippen LogP contribution in [-0.2, 0) is 4.74 Å². The predicted octanol–water partition coefficient (Wildman–Crippen LogP) is 3.15. The molecular formula is C14H23NO. The third-order valence-corrected chi connectivity index (χ3v) is 2.83. The van der Waals surface area contributed by atoms with E-state index in [1.807, 2.05) is 0 Å². The Kier molecular flexibility index (Phi) is 6.12. The average molecular weight is 221 g/mol. The molecule has 0 fully saturated rings. The maximum absolute atomic E-state index is 5.25. The second-order valence-corrected chi connectivity index (χ2v) is 4.21. The molecule has 0 radical (unpaired) electrons. The van der Waals surface area contributed by atoms with Crippen molar-refractivity contribution in [1.29, 1.82) is 0 Å². The molecule has 0 spiro atoms.